The highest BCUT2D eigenvalue weighted by Gasteiger charge is 2.34. The smallest absolute Gasteiger partial charge is 0.334 e. The molecule has 0 bridgehead atoms. The number of hydrogen-bond donors (Lipinski definition) is 6. The van der Waals surface area contributed by atoms with Gasteiger partial charge in [-0.25, -0.2) is 0 Å². The molecule has 0 saturated heterocycles. The summed E-state index contributed by atoms with van der Waals surface area (Å²) >= 11 is -0.653. The molecule has 0 fully saturated rings. The SMILES string of the molecule is OC(O)(O)SC(O)(O)O. The molecule has 0 aromatic carbocycles. The first-order valence-corrected chi connectivity index (χ1v) is 2.57. The van der Waals surface area contributed by atoms with Gasteiger partial charge in [-0.3, -0.25) is 0 Å². The fourth-order valence-electron chi connectivity index (χ4n) is 0.184. The Labute approximate surface area is 54.0 Å². The highest BCUT2D eigenvalue weighted by Crippen LogP contribution is 2.24. The molecule has 9 heavy (non-hydrogen) atoms. The summed E-state index contributed by atoms with van der Waals surface area (Å²) in [5.41, 5.74) is 0. The van der Waals surface area contributed by atoms with Crippen LogP contribution in [-0.2, 0) is 0 Å². The van der Waals surface area contributed by atoms with Gasteiger partial charge in [0.25, 0.3) is 0 Å². The Kier molecular flexibility index (Phi) is 2.41. The second-order valence-electron chi connectivity index (χ2n) is 1.25. The van der Waals surface area contributed by atoms with Crippen LogP contribution in [0.25, 0.3) is 0 Å². The monoisotopic (exact) mass is 158 g/mol. The van der Waals surface area contributed by atoms with E-state index >= 15 is 0 Å². The topological polar surface area (TPSA) is 121 Å². The van der Waals surface area contributed by atoms with Gasteiger partial charge in [-0.2, -0.15) is 0 Å². The molecule has 0 aliphatic carbocycles. The minimum absolute atomic E-state index is 0.653. The van der Waals surface area contributed by atoms with Crippen molar-refractivity contribution >= 4 is 11.8 Å². The van der Waals surface area contributed by atoms with E-state index in [1.807, 2.05) is 0 Å². The van der Waals surface area contributed by atoms with Gasteiger partial charge in [-0.1, -0.05) is 0 Å². The van der Waals surface area contributed by atoms with E-state index in [4.69, 9.17) is 30.6 Å². The lowest BCUT2D eigenvalue weighted by Gasteiger charge is -2.18. The average Bonchev–Trinajstić information content (AvgIpc) is 1.14. The maximum absolute atomic E-state index is 7.95. The van der Waals surface area contributed by atoms with Gasteiger partial charge in [-0.05, 0) is 0 Å². The van der Waals surface area contributed by atoms with Crippen molar-refractivity contribution in [2.75, 3.05) is 0 Å². The molecule has 0 aliphatic rings. The number of aliphatic hydroxyl groups is 6. The van der Waals surface area contributed by atoms with Crippen LogP contribution in [0.2, 0.25) is 0 Å². The Bertz CT molecular complexity index is 76.2. The van der Waals surface area contributed by atoms with E-state index in [9.17, 15) is 0 Å². The summed E-state index contributed by atoms with van der Waals surface area (Å²) < 4.78 is 0. The summed E-state index contributed by atoms with van der Waals surface area (Å²) in [6.45, 7) is 0. The summed E-state index contributed by atoms with van der Waals surface area (Å²) in [6.07, 6.45) is 0. The molecule has 0 unspecified atom stereocenters. The van der Waals surface area contributed by atoms with Gasteiger partial charge in [0, 0.05) is 11.8 Å². The van der Waals surface area contributed by atoms with E-state index in [0.717, 1.165) is 0 Å². The van der Waals surface area contributed by atoms with Crippen molar-refractivity contribution in [3.63, 3.8) is 0 Å². The molecular weight excluding hydrogens is 152 g/mol. The Balaban J connectivity index is 3.75. The number of rotatable bonds is 2. The fraction of sp³-hybridized carbons (Fsp3) is 1.00. The first-order chi connectivity index (χ1) is 3.71. The quantitative estimate of drug-likeness (QED) is 0.235. The summed E-state index contributed by atoms with van der Waals surface area (Å²) in [4.78, 5) is 0. The fourth-order valence-corrected chi connectivity index (χ4v) is 0.551. The van der Waals surface area contributed by atoms with Gasteiger partial charge >= 0.3 is 10.6 Å². The Morgan fingerprint density at radius 2 is 0.889 bits per heavy atom. The molecule has 0 aromatic heterocycles. The van der Waals surface area contributed by atoms with Crippen LogP contribution in [0.4, 0.5) is 0 Å². The van der Waals surface area contributed by atoms with Crippen molar-refractivity contribution in [2.45, 2.75) is 10.6 Å². The third kappa shape index (κ3) is 8.11. The van der Waals surface area contributed by atoms with E-state index in [0.29, 0.717) is 0 Å². The lowest BCUT2D eigenvalue weighted by Crippen LogP contribution is -2.34. The largest absolute Gasteiger partial charge is 0.337 e. The summed E-state index contributed by atoms with van der Waals surface area (Å²) in [5, 5.41) is 41.0. The van der Waals surface area contributed by atoms with Crippen LogP contribution in [0, 0.1) is 0 Å². The second-order valence-corrected chi connectivity index (χ2v) is 2.55. The van der Waals surface area contributed by atoms with E-state index in [1.54, 1.807) is 0 Å². The van der Waals surface area contributed by atoms with E-state index in [-0.39, 0.29) is 0 Å². The zero-order chi connectivity index (χ0) is 7.71. The minimum Gasteiger partial charge on any atom is -0.334 e. The van der Waals surface area contributed by atoms with E-state index in [1.165, 1.54) is 0 Å². The summed E-state index contributed by atoms with van der Waals surface area (Å²) in [7, 11) is 0. The van der Waals surface area contributed by atoms with Crippen molar-refractivity contribution in [1.82, 2.24) is 0 Å². The molecule has 0 rings (SSSR count). The summed E-state index contributed by atoms with van der Waals surface area (Å²) in [5.74, 6) is 0. The van der Waals surface area contributed by atoms with Gasteiger partial charge in [-0.15, -0.1) is 0 Å². The van der Waals surface area contributed by atoms with Gasteiger partial charge in [0.2, 0.25) is 0 Å². The van der Waals surface area contributed by atoms with Crippen LogP contribution >= 0.6 is 11.8 Å². The van der Waals surface area contributed by atoms with Crippen molar-refractivity contribution in [2.24, 2.45) is 0 Å². The Hall–Kier alpha value is 0.110. The molecule has 0 heterocycles. The first-order valence-electron chi connectivity index (χ1n) is 1.75. The highest BCUT2D eigenvalue weighted by atomic mass is 32.2. The third-order valence-corrected chi connectivity index (χ3v) is 0.822. The maximum Gasteiger partial charge on any atom is 0.337 e. The van der Waals surface area contributed by atoms with Crippen LogP contribution in [0.1, 0.15) is 0 Å². The molecule has 0 aromatic rings. The highest BCUT2D eigenvalue weighted by molar-refractivity contribution is 8.00. The molecule has 0 amide bonds. The van der Waals surface area contributed by atoms with Gasteiger partial charge in [0.05, 0.1) is 0 Å². The Morgan fingerprint density at radius 1 is 0.667 bits per heavy atom. The Morgan fingerprint density at radius 3 is 0.889 bits per heavy atom. The normalized spacial score (nSPS) is 14.0. The predicted molar refractivity (Wildman–Crippen MR) is 26.4 cm³/mol. The molecule has 6 nitrogen and oxygen atoms in total. The molecule has 0 atom stereocenters. The molecule has 0 aliphatic heterocycles. The van der Waals surface area contributed by atoms with Crippen molar-refractivity contribution < 1.29 is 30.6 Å². The van der Waals surface area contributed by atoms with Crippen LogP contribution < -0.4 is 0 Å². The van der Waals surface area contributed by atoms with Crippen LogP contribution in [0.15, 0.2) is 0 Å². The van der Waals surface area contributed by atoms with Gasteiger partial charge in [0.1, 0.15) is 0 Å². The van der Waals surface area contributed by atoms with Gasteiger partial charge in [0.15, 0.2) is 0 Å². The van der Waals surface area contributed by atoms with Gasteiger partial charge < -0.3 is 30.6 Å². The molecule has 7 heteroatoms. The predicted octanol–water partition coefficient (Wildman–Crippen LogP) is -3.10. The van der Waals surface area contributed by atoms with Crippen molar-refractivity contribution in [3.8, 4) is 0 Å². The van der Waals surface area contributed by atoms with Crippen LogP contribution in [0.3, 0.4) is 0 Å². The van der Waals surface area contributed by atoms with Crippen LogP contribution in [-0.4, -0.2) is 41.2 Å². The van der Waals surface area contributed by atoms with Crippen molar-refractivity contribution in [1.29, 1.82) is 0 Å². The van der Waals surface area contributed by atoms with Crippen LogP contribution in [0.5, 0.6) is 0 Å². The molecular formula is C2H6O6S. The molecule has 0 saturated carbocycles. The molecule has 56 valence electrons. The number of thioether (sulfide) groups is 1. The number of hydrogen-bond acceptors (Lipinski definition) is 7. The molecule has 0 radical (unpaired) electrons. The van der Waals surface area contributed by atoms with Crippen molar-refractivity contribution in [3.05, 3.63) is 0 Å². The van der Waals surface area contributed by atoms with E-state index < -0.39 is 22.4 Å². The lowest BCUT2D eigenvalue weighted by atomic mass is 11.3. The molecule has 0 spiro atoms. The third-order valence-electron chi connectivity index (χ3n) is 0.274. The average molecular weight is 158 g/mol. The lowest BCUT2D eigenvalue weighted by molar-refractivity contribution is -0.266. The zero-order valence-electron chi connectivity index (χ0n) is 4.09. The zero-order valence-corrected chi connectivity index (χ0v) is 4.91. The first kappa shape index (κ1) is 9.11. The molecule has 6 N–H and O–H groups in total. The standard InChI is InChI=1S/C2H6O6S/c3-1(4,5)9-2(6,7)8/h3-8H. The minimum atomic E-state index is -3.35. The maximum atomic E-state index is 7.95. The second kappa shape index (κ2) is 2.39. The van der Waals surface area contributed by atoms with E-state index in [2.05, 4.69) is 0 Å². The summed E-state index contributed by atoms with van der Waals surface area (Å²) in [6, 6.07) is 0.